The van der Waals surface area contributed by atoms with Gasteiger partial charge >= 0.3 is 0 Å². The molecular weight excluding hydrogens is 1070 g/mol. The van der Waals surface area contributed by atoms with E-state index in [1.54, 1.807) is 0 Å². The van der Waals surface area contributed by atoms with Crippen molar-refractivity contribution < 1.29 is 0 Å². The number of hydrogen-bond donors (Lipinski definition) is 0. The van der Waals surface area contributed by atoms with E-state index in [9.17, 15) is 0 Å². The molecule has 0 bridgehead atoms. The Balaban J connectivity index is 0.962. The fraction of sp³-hybridized carbons (Fsp3) is 0. The van der Waals surface area contributed by atoms with Gasteiger partial charge in [-0.25, -0.2) is 44.9 Å². The zero-order chi connectivity index (χ0) is 56.9. The summed E-state index contributed by atoms with van der Waals surface area (Å²) in [5, 5.41) is 4.41. The third-order valence-electron chi connectivity index (χ3n) is 15.6. The Morgan fingerprint density at radius 3 is 0.930 bits per heavy atom. The molecule has 0 unspecified atom stereocenters. The zero-order valence-electron chi connectivity index (χ0n) is 45.9. The van der Waals surface area contributed by atoms with Crippen LogP contribution in [0.5, 0.6) is 0 Å². The highest BCUT2D eigenvalue weighted by Gasteiger charge is 2.24. The molecular formula is C75H46N10S. The van der Waals surface area contributed by atoms with E-state index in [0.717, 1.165) is 88.7 Å². The van der Waals surface area contributed by atoms with Crippen molar-refractivity contribution in [1.29, 1.82) is 0 Å². The smallest absolute Gasteiger partial charge is 0.166 e. The van der Waals surface area contributed by atoms with Gasteiger partial charge < -0.3 is 4.57 Å². The summed E-state index contributed by atoms with van der Waals surface area (Å²) in [6.45, 7) is 0. The molecule has 0 atom stereocenters. The van der Waals surface area contributed by atoms with Crippen LogP contribution in [0, 0.1) is 0 Å². The minimum atomic E-state index is 0.528. The number of fused-ring (bicyclic) bond motifs is 6. The van der Waals surface area contributed by atoms with Crippen LogP contribution in [0.25, 0.3) is 161 Å². The van der Waals surface area contributed by atoms with Crippen LogP contribution in [0.1, 0.15) is 0 Å². The van der Waals surface area contributed by atoms with Gasteiger partial charge in [0.05, 0.1) is 16.7 Å². The summed E-state index contributed by atoms with van der Waals surface area (Å²) in [5.41, 5.74) is 12.6. The van der Waals surface area contributed by atoms with Gasteiger partial charge in [-0.05, 0) is 71.8 Å². The second kappa shape index (κ2) is 21.3. The second-order valence-corrected chi connectivity index (χ2v) is 22.0. The average molecular weight is 1120 g/mol. The standard InChI is InChI=1S/C75H46N10S/c1-7-21-47(22-8-1)67-76-68(48-23-9-2-10-24-48)80-73(79-67)55-37-41-62-59(44-55)60-45-56(74-81-69(49-25-11-3-12-26-49)77-70(82-74)50-27-13-4-14-28-50)38-42-63(60)85(62)64-40-36-53(54-35-39-58-57-33-19-20-34-65(57)86-66(58)46-54)43-61(64)75-83-71(51-29-15-5-16-30-51)78-72(84-75)52-31-17-6-18-32-52/h1-46H. The quantitative estimate of drug-likeness (QED) is 0.125. The second-order valence-electron chi connectivity index (χ2n) is 21.0. The van der Waals surface area contributed by atoms with Crippen molar-refractivity contribution >= 4 is 53.3 Å². The summed E-state index contributed by atoms with van der Waals surface area (Å²) < 4.78 is 4.81. The molecule has 16 rings (SSSR count). The molecule has 11 heteroatoms. The monoisotopic (exact) mass is 1120 g/mol. The Bertz CT molecular complexity index is 4860. The van der Waals surface area contributed by atoms with E-state index in [2.05, 4.69) is 102 Å². The highest BCUT2D eigenvalue weighted by atomic mass is 32.1. The van der Waals surface area contributed by atoms with Gasteiger partial charge in [0.1, 0.15) is 0 Å². The van der Waals surface area contributed by atoms with Gasteiger partial charge in [0.25, 0.3) is 0 Å². The SMILES string of the molecule is c1ccc(-c2nc(-c3ccccc3)nc(-c3ccc4c(c3)c3cc(-c5nc(-c6ccccc6)nc(-c6ccccc6)n5)ccc3n4-c3ccc(-c4ccc5c(c4)sc4ccccc45)cc3-c3nc(-c4ccccc4)nc(-c4ccccc4)n3)n2)cc1. The van der Waals surface area contributed by atoms with Crippen molar-refractivity contribution in [3.63, 3.8) is 0 Å². The van der Waals surface area contributed by atoms with E-state index in [1.165, 1.54) is 20.2 Å². The molecule has 0 spiro atoms. The van der Waals surface area contributed by atoms with Crippen LogP contribution in [-0.4, -0.2) is 49.4 Å². The van der Waals surface area contributed by atoms with E-state index in [0.29, 0.717) is 52.4 Å². The minimum absolute atomic E-state index is 0.528. The van der Waals surface area contributed by atoms with Gasteiger partial charge in [-0.15, -0.1) is 11.3 Å². The lowest BCUT2D eigenvalue weighted by atomic mass is 9.99. The largest absolute Gasteiger partial charge is 0.308 e. The van der Waals surface area contributed by atoms with Crippen molar-refractivity contribution in [3.8, 4) is 119 Å². The third-order valence-corrected chi connectivity index (χ3v) is 16.7. The third kappa shape index (κ3) is 9.30. The number of thiophene rings is 1. The van der Waals surface area contributed by atoms with Crippen LogP contribution >= 0.6 is 11.3 Å². The molecule has 86 heavy (non-hydrogen) atoms. The van der Waals surface area contributed by atoms with Crippen molar-refractivity contribution in [1.82, 2.24) is 49.4 Å². The van der Waals surface area contributed by atoms with E-state index in [-0.39, 0.29) is 0 Å². The van der Waals surface area contributed by atoms with Gasteiger partial charge in [0.2, 0.25) is 0 Å². The molecule has 0 saturated heterocycles. The van der Waals surface area contributed by atoms with Crippen LogP contribution < -0.4 is 0 Å². The van der Waals surface area contributed by atoms with Crippen LogP contribution in [0.15, 0.2) is 279 Å². The van der Waals surface area contributed by atoms with Gasteiger partial charge in [-0.3, -0.25) is 0 Å². The van der Waals surface area contributed by atoms with Crippen molar-refractivity contribution in [2.45, 2.75) is 0 Å². The Labute approximate surface area is 498 Å². The number of rotatable bonds is 11. The molecule has 11 aromatic carbocycles. The highest BCUT2D eigenvalue weighted by Crippen LogP contribution is 2.43. The average Bonchev–Trinajstić information content (AvgIpc) is 1.99. The van der Waals surface area contributed by atoms with Gasteiger partial charge in [-0.2, -0.15) is 0 Å². The molecule has 0 radical (unpaired) electrons. The van der Waals surface area contributed by atoms with Crippen LogP contribution in [0.2, 0.25) is 0 Å². The fourth-order valence-corrected chi connectivity index (χ4v) is 12.5. The van der Waals surface area contributed by atoms with Gasteiger partial charge in [0.15, 0.2) is 52.4 Å². The molecule has 10 nitrogen and oxygen atoms in total. The molecule has 16 aromatic rings. The van der Waals surface area contributed by atoms with Crippen LogP contribution in [0.4, 0.5) is 0 Å². The van der Waals surface area contributed by atoms with Crippen LogP contribution in [-0.2, 0) is 0 Å². The summed E-state index contributed by atoms with van der Waals surface area (Å²) in [7, 11) is 0. The molecule has 0 aliphatic heterocycles. The van der Waals surface area contributed by atoms with E-state index in [1.807, 2.05) is 193 Å². The zero-order valence-corrected chi connectivity index (χ0v) is 46.8. The lowest BCUT2D eigenvalue weighted by Gasteiger charge is -2.16. The lowest BCUT2D eigenvalue weighted by molar-refractivity contribution is 1.06. The highest BCUT2D eigenvalue weighted by molar-refractivity contribution is 7.25. The summed E-state index contributed by atoms with van der Waals surface area (Å²) in [4.78, 5) is 46.9. The molecule has 402 valence electrons. The summed E-state index contributed by atoms with van der Waals surface area (Å²) in [6.07, 6.45) is 0. The van der Waals surface area contributed by atoms with Crippen molar-refractivity contribution in [2.75, 3.05) is 0 Å². The first-order chi connectivity index (χ1) is 42.6. The predicted octanol–water partition coefficient (Wildman–Crippen LogP) is 18.4. The Morgan fingerprint density at radius 1 is 0.209 bits per heavy atom. The van der Waals surface area contributed by atoms with E-state index < -0.39 is 0 Å². The Kier molecular flexibility index (Phi) is 12.5. The first-order valence-electron chi connectivity index (χ1n) is 28.3. The normalized spacial score (nSPS) is 11.5. The number of nitrogens with zero attached hydrogens (tertiary/aromatic N) is 10. The summed E-state index contributed by atoms with van der Waals surface area (Å²) in [5.74, 6) is 5.07. The lowest BCUT2D eigenvalue weighted by Crippen LogP contribution is -2.04. The maximum atomic E-state index is 5.41. The first kappa shape index (κ1) is 50.2. The van der Waals surface area contributed by atoms with Gasteiger partial charge in [-0.1, -0.05) is 218 Å². The predicted molar refractivity (Wildman–Crippen MR) is 348 cm³/mol. The molecule has 0 N–H and O–H groups in total. The molecule has 5 aromatic heterocycles. The topological polar surface area (TPSA) is 121 Å². The fourth-order valence-electron chi connectivity index (χ4n) is 11.4. The Hall–Kier alpha value is -11.5. The first-order valence-corrected chi connectivity index (χ1v) is 29.2. The van der Waals surface area contributed by atoms with Gasteiger partial charge in [0, 0.05) is 81.0 Å². The number of hydrogen-bond acceptors (Lipinski definition) is 10. The molecule has 5 heterocycles. The van der Waals surface area contributed by atoms with Crippen molar-refractivity contribution in [3.05, 3.63) is 279 Å². The summed E-state index contributed by atoms with van der Waals surface area (Å²) in [6, 6.07) is 95.6. The molecule has 0 amide bonds. The number of aromatic nitrogens is 10. The maximum absolute atomic E-state index is 5.41. The molecule has 0 fully saturated rings. The number of benzene rings is 11. The van der Waals surface area contributed by atoms with E-state index in [4.69, 9.17) is 44.9 Å². The molecule has 0 aliphatic rings. The molecule has 0 saturated carbocycles. The minimum Gasteiger partial charge on any atom is -0.308 e. The van der Waals surface area contributed by atoms with E-state index >= 15 is 0 Å². The molecule has 0 aliphatic carbocycles. The summed E-state index contributed by atoms with van der Waals surface area (Å²) >= 11 is 1.81. The maximum Gasteiger partial charge on any atom is 0.166 e. The van der Waals surface area contributed by atoms with Crippen molar-refractivity contribution in [2.24, 2.45) is 0 Å². The van der Waals surface area contributed by atoms with Crippen LogP contribution in [0.3, 0.4) is 0 Å². The Morgan fingerprint density at radius 2 is 0.523 bits per heavy atom.